The van der Waals surface area contributed by atoms with Gasteiger partial charge in [-0.15, -0.1) is 10.2 Å². The summed E-state index contributed by atoms with van der Waals surface area (Å²) in [7, 11) is 0. The molecule has 1 unspecified atom stereocenters. The lowest BCUT2D eigenvalue weighted by Crippen LogP contribution is -2.21. The van der Waals surface area contributed by atoms with Gasteiger partial charge in [-0.25, -0.2) is 0 Å². The molecule has 7 nitrogen and oxygen atoms in total. The number of thiazole rings is 1. The maximum Gasteiger partial charge on any atom is 0.191 e. The predicted molar refractivity (Wildman–Crippen MR) is 147 cm³/mol. The first-order valence-corrected chi connectivity index (χ1v) is 13.3. The Morgan fingerprint density at radius 2 is 1.72 bits per heavy atom. The van der Waals surface area contributed by atoms with E-state index in [0.29, 0.717) is 29.7 Å². The highest BCUT2D eigenvalue weighted by molar-refractivity contribution is 7.16. The van der Waals surface area contributed by atoms with Crippen LogP contribution in [-0.2, 0) is 12.0 Å². The fourth-order valence-electron chi connectivity index (χ4n) is 3.94. The minimum absolute atomic E-state index is 0.146. The summed E-state index contributed by atoms with van der Waals surface area (Å²) >= 11 is 1.64. The van der Waals surface area contributed by atoms with Crippen LogP contribution >= 0.6 is 11.3 Å². The summed E-state index contributed by atoms with van der Waals surface area (Å²) in [4.78, 5) is 8.05. The minimum atomic E-state index is -0.146. The third kappa shape index (κ3) is 5.83. The van der Waals surface area contributed by atoms with Crippen LogP contribution < -0.4 is 4.90 Å². The molecule has 0 bridgehead atoms. The van der Waals surface area contributed by atoms with Gasteiger partial charge in [0, 0.05) is 24.6 Å². The Morgan fingerprint density at radius 3 is 2.25 bits per heavy atom. The van der Waals surface area contributed by atoms with E-state index in [1.807, 2.05) is 0 Å². The first kappa shape index (κ1) is 27.1. The van der Waals surface area contributed by atoms with Crippen LogP contribution in [0.5, 0.6) is 0 Å². The number of nitrogens with zero attached hydrogens (tertiary/aromatic N) is 7. The van der Waals surface area contributed by atoms with E-state index in [-0.39, 0.29) is 11.1 Å². The number of azo groups is 1. The zero-order chi connectivity index (χ0) is 26.5. The van der Waals surface area contributed by atoms with Crippen LogP contribution in [0.1, 0.15) is 88.1 Å². The molecule has 8 heteroatoms. The summed E-state index contributed by atoms with van der Waals surface area (Å²) in [6, 6.07) is 14.3. The number of hydrogen-bond acceptors (Lipinski definition) is 7. The van der Waals surface area contributed by atoms with E-state index in [1.54, 1.807) is 22.0 Å². The summed E-state index contributed by atoms with van der Waals surface area (Å²) in [5.41, 5.74) is 2.75. The smallest absolute Gasteiger partial charge is 0.191 e. The molecule has 188 valence electrons. The van der Waals surface area contributed by atoms with Crippen LogP contribution in [0.4, 0.5) is 16.8 Å². The van der Waals surface area contributed by atoms with Crippen molar-refractivity contribution in [3.63, 3.8) is 0 Å². The van der Waals surface area contributed by atoms with E-state index < -0.39 is 0 Å². The highest BCUT2D eigenvalue weighted by Gasteiger charge is 2.25. The first-order chi connectivity index (χ1) is 17.2. The maximum atomic E-state index is 9.81. The average molecular weight is 502 g/mol. The maximum absolute atomic E-state index is 9.81. The molecular weight excluding hydrogens is 466 g/mol. The lowest BCUT2D eigenvalue weighted by molar-refractivity contribution is 0.603. The molecule has 0 N–H and O–H groups in total. The second-order valence-corrected chi connectivity index (χ2v) is 10.9. The largest absolute Gasteiger partial charge is 0.349 e. The molecule has 1 atom stereocenters. The van der Waals surface area contributed by atoms with Gasteiger partial charge in [-0.2, -0.15) is 15.5 Å². The lowest BCUT2D eigenvalue weighted by atomic mass is 9.95. The molecule has 0 saturated carbocycles. The van der Waals surface area contributed by atoms with Gasteiger partial charge in [-0.1, -0.05) is 70.2 Å². The fraction of sp³-hybridized carbons (Fsp3) is 0.464. The van der Waals surface area contributed by atoms with Gasteiger partial charge in [0.2, 0.25) is 0 Å². The van der Waals surface area contributed by atoms with E-state index in [4.69, 9.17) is 4.98 Å². The monoisotopic (exact) mass is 501 g/mol. The van der Waals surface area contributed by atoms with Crippen molar-refractivity contribution in [2.24, 2.45) is 10.2 Å². The second kappa shape index (κ2) is 11.5. The van der Waals surface area contributed by atoms with Crippen molar-refractivity contribution in [1.82, 2.24) is 9.55 Å². The normalized spacial score (nSPS) is 12.5. The van der Waals surface area contributed by atoms with Crippen LogP contribution in [0, 0.1) is 22.7 Å². The van der Waals surface area contributed by atoms with Crippen molar-refractivity contribution in [2.75, 3.05) is 18.0 Å². The van der Waals surface area contributed by atoms with E-state index in [9.17, 15) is 10.5 Å². The van der Waals surface area contributed by atoms with Gasteiger partial charge in [0.15, 0.2) is 16.8 Å². The van der Waals surface area contributed by atoms with Gasteiger partial charge in [-0.3, -0.25) is 0 Å². The summed E-state index contributed by atoms with van der Waals surface area (Å²) in [5, 5.41) is 29.4. The van der Waals surface area contributed by atoms with E-state index in [2.05, 4.69) is 100.0 Å². The molecule has 0 aliphatic rings. The predicted octanol–water partition coefficient (Wildman–Crippen LogP) is 7.81. The molecule has 0 saturated heterocycles. The highest BCUT2D eigenvalue weighted by atomic mass is 32.1. The molecule has 0 aliphatic heterocycles. The Kier molecular flexibility index (Phi) is 8.66. The highest BCUT2D eigenvalue weighted by Crippen LogP contribution is 2.40. The number of nitriles is 2. The molecule has 3 aromatic rings. The SMILES string of the molecule is CCC(C)c1ccc(Cn2c(/N=N/c3nc(N(CC)CC)sc3C(C)(C)C)cc(C#N)c2C#N)cc1. The molecule has 0 radical (unpaired) electrons. The Hall–Kier alpha value is -3.49. The number of rotatable bonds is 9. The van der Waals surface area contributed by atoms with Crippen LogP contribution in [-0.4, -0.2) is 22.6 Å². The Balaban J connectivity index is 2.03. The molecule has 36 heavy (non-hydrogen) atoms. The van der Waals surface area contributed by atoms with Crippen molar-refractivity contribution in [3.05, 3.63) is 57.6 Å². The van der Waals surface area contributed by atoms with Crippen molar-refractivity contribution < 1.29 is 0 Å². The van der Waals surface area contributed by atoms with Gasteiger partial charge < -0.3 is 9.47 Å². The van der Waals surface area contributed by atoms with Crippen molar-refractivity contribution in [1.29, 1.82) is 10.5 Å². The third-order valence-electron chi connectivity index (χ3n) is 6.36. The second-order valence-electron chi connectivity index (χ2n) is 9.90. The van der Waals surface area contributed by atoms with Crippen LogP contribution in [0.25, 0.3) is 0 Å². The topological polar surface area (TPSA) is 93.4 Å². The van der Waals surface area contributed by atoms with E-state index in [1.165, 1.54) is 5.56 Å². The summed E-state index contributed by atoms with van der Waals surface area (Å²) < 4.78 is 1.76. The summed E-state index contributed by atoms with van der Waals surface area (Å²) in [6.07, 6.45) is 1.08. The lowest BCUT2D eigenvalue weighted by Gasteiger charge is -2.17. The fourth-order valence-corrected chi connectivity index (χ4v) is 5.13. The molecule has 0 amide bonds. The molecule has 0 spiro atoms. The number of anilines is 1. The Bertz CT molecular complexity index is 1290. The molecular formula is C28H35N7S. The van der Waals surface area contributed by atoms with Gasteiger partial charge >= 0.3 is 0 Å². The van der Waals surface area contributed by atoms with E-state index in [0.717, 1.165) is 35.1 Å². The number of benzene rings is 1. The van der Waals surface area contributed by atoms with Crippen molar-refractivity contribution in [2.45, 2.75) is 72.8 Å². The van der Waals surface area contributed by atoms with Gasteiger partial charge in [0.25, 0.3) is 0 Å². The molecule has 0 aliphatic carbocycles. The quantitative estimate of drug-likeness (QED) is 0.279. The average Bonchev–Trinajstić information content (AvgIpc) is 3.44. The van der Waals surface area contributed by atoms with Crippen molar-refractivity contribution in [3.8, 4) is 12.1 Å². The van der Waals surface area contributed by atoms with Crippen LogP contribution in [0.15, 0.2) is 40.6 Å². The Morgan fingerprint density at radius 1 is 1.06 bits per heavy atom. The molecule has 3 rings (SSSR count). The van der Waals surface area contributed by atoms with Gasteiger partial charge in [0.1, 0.15) is 17.8 Å². The molecule has 0 fully saturated rings. The molecule has 2 aromatic heterocycles. The summed E-state index contributed by atoms with van der Waals surface area (Å²) in [5.74, 6) is 1.54. The molecule has 2 heterocycles. The van der Waals surface area contributed by atoms with Crippen LogP contribution in [0.2, 0.25) is 0 Å². The zero-order valence-corrected chi connectivity index (χ0v) is 23.1. The molecule has 1 aromatic carbocycles. The van der Waals surface area contributed by atoms with Gasteiger partial charge in [-0.05, 0) is 37.3 Å². The number of hydrogen-bond donors (Lipinski definition) is 0. The third-order valence-corrected chi connectivity index (χ3v) is 7.89. The zero-order valence-electron chi connectivity index (χ0n) is 22.3. The van der Waals surface area contributed by atoms with Gasteiger partial charge in [0.05, 0.1) is 17.0 Å². The minimum Gasteiger partial charge on any atom is -0.349 e. The standard InChI is InChI=1S/C28H35N7S/c1-8-19(4)21-13-11-20(12-14-21)18-35-23(17-30)22(16-29)15-24(35)32-33-26-25(28(5,6)7)36-27(31-26)34(9-2)10-3/h11-15,19H,8-10,18H2,1-7H3/b33-32+. The van der Waals surface area contributed by atoms with Crippen LogP contribution in [0.3, 0.4) is 0 Å². The number of aromatic nitrogens is 2. The van der Waals surface area contributed by atoms with E-state index >= 15 is 0 Å². The Labute approximate surface area is 218 Å². The first-order valence-electron chi connectivity index (χ1n) is 12.5. The van der Waals surface area contributed by atoms with Crippen molar-refractivity contribution >= 4 is 28.1 Å². The summed E-state index contributed by atoms with van der Waals surface area (Å²) in [6.45, 7) is 17.2.